The number of methoxy groups -OCH3 is 1. The van der Waals surface area contributed by atoms with Crippen molar-refractivity contribution in [1.29, 1.82) is 0 Å². The zero-order valence-corrected chi connectivity index (χ0v) is 20.8. The number of hydrazine groups is 1. The van der Waals surface area contributed by atoms with Crippen LogP contribution in [0.3, 0.4) is 0 Å². The van der Waals surface area contributed by atoms with Gasteiger partial charge in [0.05, 0.1) is 30.1 Å². The first-order valence-electron chi connectivity index (χ1n) is 11.2. The van der Waals surface area contributed by atoms with Gasteiger partial charge < -0.3 is 4.74 Å². The zero-order chi connectivity index (χ0) is 25.2. The molecule has 1 unspecified atom stereocenters. The lowest BCUT2D eigenvalue weighted by Crippen LogP contribution is -2.57. The second-order valence-electron chi connectivity index (χ2n) is 8.17. The standard InChI is InChI=1S/C27H21BrN4O4/c1-36-20-11-7-17(8-12-20)9-14-24(33)30-32-23(16-25(32)34)26-29-22-13-10-18(28)15-21(22)27(35)31(26)19-5-3-2-4-6-19/h2-15,23H,16H2,1H3,(H,30,33)/b14-9+. The lowest BCUT2D eigenvalue weighted by Gasteiger charge is -2.39. The van der Waals surface area contributed by atoms with Gasteiger partial charge in [-0.25, -0.2) is 9.99 Å². The van der Waals surface area contributed by atoms with E-state index in [4.69, 9.17) is 9.72 Å². The Bertz CT molecular complexity index is 1550. The number of benzene rings is 3. The molecule has 2 amide bonds. The van der Waals surface area contributed by atoms with Gasteiger partial charge in [0.2, 0.25) is 5.91 Å². The van der Waals surface area contributed by atoms with Crippen molar-refractivity contribution in [2.24, 2.45) is 0 Å². The summed E-state index contributed by atoms with van der Waals surface area (Å²) in [4.78, 5) is 43.4. The molecule has 3 aromatic carbocycles. The van der Waals surface area contributed by atoms with E-state index < -0.39 is 11.9 Å². The normalized spacial score (nSPS) is 15.2. The molecule has 36 heavy (non-hydrogen) atoms. The summed E-state index contributed by atoms with van der Waals surface area (Å²) in [5, 5.41) is 1.67. The van der Waals surface area contributed by atoms with E-state index in [-0.39, 0.29) is 17.9 Å². The van der Waals surface area contributed by atoms with E-state index in [0.717, 1.165) is 10.0 Å². The van der Waals surface area contributed by atoms with Crippen LogP contribution in [-0.2, 0) is 9.59 Å². The number of β-lactam (4-membered cyclic amide) rings is 1. The first kappa shape index (κ1) is 23.5. The number of amides is 2. The topological polar surface area (TPSA) is 93.5 Å². The first-order chi connectivity index (χ1) is 17.4. The fraction of sp³-hybridized carbons (Fsp3) is 0.111. The molecular formula is C27H21BrN4O4. The van der Waals surface area contributed by atoms with E-state index in [1.807, 2.05) is 30.3 Å². The molecule has 180 valence electrons. The van der Waals surface area contributed by atoms with Crippen LogP contribution >= 0.6 is 15.9 Å². The van der Waals surface area contributed by atoms with Crippen LogP contribution in [0.15, 0.2) is 88.1 Å². The third-order valence-electron chi connectivity index (χ3n) is 5.89. The highest BCUT2D eigenvalue weighted by Gasteiger charge is 2.41. The van der Waals surface area contributed by atoms with Gasteiger partial charge in [-0.3, -0.25) is 24.4 Å². The first-order valence-corrected chi connectivity index (χ1v) is 12.0. The second-order valence-corrected chi connectivity index (χ2v) is 9.09. The average Bonchev–Trinajstić information content (AvgIpc) is 2.90. The van der Waals surface area contributed by atoms with Crippen molar-refractivity contribution in [1.82, 2.24) is 20.0 Å². The number of aromatic nitrogens is 2. The third kappa shape index (κ3) is 4.52. The highest BCUT2D eigenvalue weighted by Crippen LogP contribution is 2.33. The number of fused-ring (bicyclic) bond motifs is 1. The smallest absolute Gasteiger partial charge is 0.266 e. The van der Waals surface area contributed by atoms with Crippen LogP contribution in [0.5, 0.6) is 5.75 Å². The van der Waals surface area contributed by atoms with Gasteiger partial charge in [-0.2, -0.15) is 0 Å². The number of halogens is 1. The largest absolute Gasteiger partial charge is 0.497 e. The van der Waals surface area contributed by atoms with Crippen LogP contribution in [0.1, 0.15) is 23.9 Å². The van der Waals surface area contributed by atoms with E-state index in [1.54, 1.807) is 55.7 Å². The average molecular weight is 545 g/mol. The van der Waals surface area contributed by atoms with Crippen molar-refractivity contribution >= 4 is 44.7 Å². The van der Waals surface area contributed by atoms with E-state index in [9.17, 15) is 14.4 Å². The van der Waals surface area contributed by atoms with Crippen molar-refractivity contribution < 1.29 is 14.3 Å². The van der Waals surface area contributed by atoms with Crippen molar-refractivity contribution in [2.45, 2.75) is 12.5 Å². The molecule has 1 aromatic heterocycles. The van der Waals surface area contributed by atoms with Crippen LogP contribution in [0.4, 0.5) is 0 Å². The Hall–Kier alpha value is -4.24. The van der Waals surface area contributed by atoms with Gasteiger partial charge >= 0.3 is 0 Å². The summed E-state index contributed by atoms with van der Waals surface area (Å²) in [5.74, 6) is 0.350. The molecular weight excluding hydrogens is 524 g/mol. The van der Waals surface area contributed by atoms with Gasteiger partial charge in [0.25, 0.3) is 11.5 Å². The molecule has 1 N–H and O–H groups in total. The molecule has 0 spiro atoms. The van der Waals surface area contributed by atoms with Gasteiger partial charge in [0.15, 0.2) is 0 Å². The highest BCUT2D eigenvalue weighted by molar-refractivity contribution is 9.10. The summed E-state index contributed by atoms with van der Waals surface area (Å²) < 4.78 is 7.40. The molecule has 0 bridgehead atoms. The molecule has 4 aromatic rings. The third-order valence-corrected chi connectivity index (χ3v) is 6.38. The maximum Gasteiger partial charge on any atom is 0.266 e. The van der Waals surface area contributed by atoms with Crippen molar-refractivity contribution in [3.8, 4) is 11.4 Å². The van der Waals surface area contributed by atoms with Crippen LogP contribution in [0.2, 0.25) is 0 Å². The van der Waals surface area contributed by atoms with Crippen molar-refractivity contribution in [3.05, 3.63) is 105 Å². The minimum absolute atomic E-state index is 0.115. The summed E-state index contributed by atoms with van der Waals surface area (Å²) in [6, 6.07) is 21.0. The van der Waals surface area contributed by atoms with Crippen LogP contribution in [-0.4, -0.2) is 33.5 Å². The SMILES string of the molecule is COc1ccc(/C=C/C(=O)NN2C(=O)CC2c2nc3ccc(Br)cc3c(=O)n2-c2ccccc2)cc1. The number of carbonyl (C=O) groups excluding carboxylic acids is 2. The predicted molar refractivity (Wildman–Crippen MR) is 139 cm³/mol. The number of hydrogen-bond donors (Lipinski definition) is 1. The molecule has 0 radical (unpaired) electrons. The Kier molecular flexibility index (Phi) is 6.39. The summed E-state index contributed by atoms with van der Waals surface area (Å²) in [6.07, 6.45) is 3.10. The van der Waals surface area contributed by atoms with Gasteiger partial charge in [-0.05, 0) is 54.1 Å². The maximum atomic E-state index is 13.6. The summed E-state index contributed by atoms with van der Waals surface area (Å²) in [5.41, 5.74) is 4.31. The molecule has 1 saturated heterocycles. The molecule has 5 rings (SSSR count). The Labute approximate surface area is 214 Å². The predicted octanol–water partition coefficient (Wildman–Crippen LogP) is 4.17. The molecule has 1 aliphatic heterocycles. The number of nitrogens with one attached hydrogen (secondary N) is 1. The monoisotopic (exact) mass is 544 g/mol. The number of carbonyl (C=O) groups is 2. The lowest BCUT2D eigenvalue weighted by molar-refractivity contribution is -0.156. The molecule has 1 aliphatic rings. The van der Waals surface area contributed by atoms with Gasteiger partial charge in [-0.15, -0.1) is 0 Å². The summed E-state index contributed by atoms with van der Waals surface area (Å²) in [7, 11) is 1.58. The minimum atomic E-state index is -0.600. The fourth-order valence-corrected chi connectivity index (χ4v) is 4.39. The molecule has 1 fully saturated rings. The Morgan fingerprint density at radius 3 is 2.53 bits per heavy atom. The zero-order valence-electron chi connectivity index (χ0n) is 19.2. The molecule has 9 heteroatoms. The van der Waals surface area contributed by atoms with Gasteiger partial charge in [-0.1, -0.05) is 46.3 Å². The van der Waals surface area contributed by atoms with Crippen LogP contribution < -0.4 is 15.7 Å². The van der Waals surface area contributed by atoms with E-state index in [0.29, 0.717) is 28.2 Å². The van der Waals surface area contributed by atoms with Gasteiger partial charge in [0, 0.05) is 10.5 Å². The van der Waals surface area contributed by atoms with Gasteiger partial charge in [0.1, 0.15) is 17.6 Å². The Balaban J connectivity index is 1.47. The van der Waals surface area contributed by atoms with E-state index in [2.05, 4.69) is 21.4 Å². The Morgan fingerprint density at radius 2 is 1.83 bits per heavy atom. The number of para-hydroxylation sites is 1. The van der Waals surface area contributed by atoms with Crippen molar-refractivity contribution in [3.63, 3.8) is 0 Å². The maximum absolute atomic E-state index is 13.6. The fourth-order valence-electron chi connectivity index (χ4n) is 4.03. The molecule has 1 atom stereocenters. The molecule has 0 saturated carbocycles. The number of nitrogens with zero attached hydrogens (tertiary/aromatic N) is 3. The Morgan fingerprint density at radius 1 is 1.08 bits per heavy atom. The van der Waals surface area contributed by atoms with Crippen molar-refractivity contribution in [2.75, 3.05) is 7.11 Å². The number of rotatable bonds is 6. The summed E-state index contributed by atoms with van der Waals surface area (Å²) >= 11 is 3.41. The van der Waals surface area contributed by atoms with E-state index >= 15 is 0 Å². The van der Waals surface area contributed by atoms with E-state index in [1.165, 1.54) is 15.7 Å². The summed E-state index contributed by atoms with van der Waals surface area (Å²) in [6.45, 7) is 0. The van der Waals surface area contributed by atoms with Crippen LogP contribution in [0.25, 0.3) is 22.7 Å². The molecule has 2 heterocycles. The minimum Gasteiger partial charge on any atom is -0.497 e. The molecule has 8 nitrogen and oxygen atoms in total. The highest BCUT2D eigenvalue weighted by atomic mass is 79.9. The second kappa shape index (κ2) is 9.79. The lowest BCUT2D eigenvalue weighted by atomic mass is 10.0. The number of ether oxygens (including phenoxy) is 1. The van der Waals surface area contributed by atoms with Crippen LogP contribution in [0, 0.1) is 0 Å². The number of hydrogen-bond acceptors (Lipinski definition) is 5. The molecule has 0 aliphatic carbocycles. The quantitative estimate of drug-likeness (QED) is 0.290.